The molecule has 1 fully saturated rings. The number of nitrogens with zero attached hydrogens (tertiary/aromatic N) is 1. The van der Waals surface area contributed by atoms with E-state index >= 15 is 0 Å². The Hall–Kier alpha value is -4.00. The molecule has 1 aromatic heterocycles. The summed E-state index contributed by atoms with van der Waals surface area (Å²) in [6.45, 7) is 10.9. The number of benzene rings is 3. The molecule has 3 aromatic carbocycles. The summed E-state index contributed by atoms with van der Waals surface area (Å²) in [5.74, 6) is 1.43. The Bertz CT molecular complexity index is 1720. The minimum absolute atomic E-state index is 0.0701. The van der Waals surface area contributed by atoms with Crippen molar-refractivity contribution >= 4 is 8.32 Å². The second kappa shape index (κ2) is 14.2. The van der Waals surface area contributed by atoms with Crippen molar-refractivity contribution in [1.29, 1.82) is 0 Å². The van der Waals surface area contributed by atoms with Crippen LogP contribution in [0.5, 0.6) is 11.5 Å². The summed E-state index contributed by atoms with van der Waals surface area (Å²) >= 11 is 0. The molecule has 0 amide bonds. The standard InChI is InChI=1S/C37H46N2O8Si/c1-36(2,3)48(7,8)47-32-30(46-34(33(32)44-6)39-23-22-31(40)38-35(39)41)24-45-37(25-12-10-9-11-13-25,26-14-18-28(42-4)19-15-26)27-16-20-29(43-5)21-17-27/h9-23,30,32-34H,24H2,1-8H3,(H,38,40,41)/t30-,32-,33-,34-/m1/s1. The van der Waals surface area contributed by atoms with Crippen molar-refractivity contribution < 1.29 is 28.1 Å². The molecule has 1 N–H and O–H groups in total. The van der Waals surface area contributed by atoms with Crippen LogP contribution in [0, 0.1) is 0 Å². The van der Waals surface area contributed by atoms with Gasteiger partial charge in [-0.05, 0) is 59.1 Å². The number of rotatable bonds is 12. The van der Waals surface area contributed by atoms with Gasteiger partial charge in [-0.15, -0.1) is 0 Å². The van der Waals surface area contributed by atoms with Crippen LogP contribution in [0.3, 0.4) is 0 Å². The molecule has 48 heavy (non-hydrogen) atoms. The van der Waals surface area contributed by atoms with E-state index in [-0.39, 0.29) is 11.6 Å². The zero-order chi connectivity index (χ0) is 34.7. The Morgan fingerprint density at radius 1 is 0.771 bits per heavy atom. The topological polar surface area (TPSA) is 110 Å². The first kappa shape index (κ1) is 35.3. The van der Waals surface area contributed by atoms with E-state index in [9.17, 15) is 9.59 Å². The fourth-order valence-electron chi connectivity index (χ4n) is 5.89. The Labute approximate surface area is 282 Å². The molecule has 0 unspecified atom stereocenters. The lowest BCUT2D eigenvalue weighted by Crippen LogP contribution is -2.51. The largest absolute Gasteiger partial charge is 0.497 e. The van der Waals surface area contributed by atoms with Gasteiger partial charge >= 0.3 is 5.69 Å². The maximum atomic E-state index is 13.0. The first-order valence-electron chi connectivity index (χ1n) is 16.0. The second-order valence-corrected chi connectivity index (χ2v) is 18.2. The molecule has 5 rings (SSSR count). The molecule has 0 saturated carbocycles. The molecule has 1 saturated heterocycles. The number of hydrogen-bond donors (Lipinski definition) is 1. The van der Waals surface area contributed by atoms with Gasteiger partial charge in [0.25, 0.3) is 5.56 Å². The number of methoxy groups -OCH3 is 3. The van der Waals surface area contributed by atoms with Gasteiger partial charge in [-0.3, -0.25) is 14.3 Å². The molecule has 1 aliphatic rings. The number of aromatic nitrogens is 2. The zero-order valence-electron chi connectivity index (χ0n) is 28.9. The minimum Gasteiger partial charge on any atom is -0.497 e. The third-order valence-corrected chi connectivity index (χ3v) is 14.0. The first-order valence-corrected chi connectivity index (χ1v) is 18.9. The van der Waals surface area contributed by atoms with Crippen LogP contribution in [-0.4, -0.2) is 64.1 Å². The molecule has 4 atom stereocenters. The third-order valence-electron chi connectivity index (χ3n) is 9.56. The molecule has 10 nitrogen and oxygen atoms in total. The summed E-state index contributed by atoms with van der Waals surface area (Å²) < 4.78 is 39.3. The van der Waals surface area contributed by atoms with Crippen LogP contribution in [0.1, 0.15) is 43.7 Å². The lowest BCUT2D eigenvalue weighted by Gasteiger charge is -2.41. The summed E-state index contributed by atoms with van der Waals surface area (Å²) in [5, 5.41) is -0.121. The Morgan fingerprint density at radius 2 is 1.31 bits per heavy atom. The predicted molar refractivity (Wildman–Crippen MR) is 186 cm³/mol. The van der Waals surface area contributed by atoms with Crippen LogP contribution in [0.25, 0.3) is 0 Å². The highest BCUT2D eigenvalue weighted by Gasteiger charge is 2.52. The molecular formula is C37H46N2O8Si. The van der Waals surface area contributed by atoms with Crippen LogP contribution >= 0.6 is 0 Å². The molecule has 0 spiro atoms. The number of nitrogens with one attached hydrogen (secondary N) is 1. The lowest BCUT2D eigenvalue weighted by molar-refractivity contribution is -0.0959. The van der Waals surface area contributed by atoms with Crippen molar-refractivity contribution in [2.45, 2.75) is 69.0 Å². The molecular weight excluding hydrogens is 628 g/mol. The van der Waals surface area contributed by atoms with E-state index in [4.69, 9.17) is 28.1 Å². The van der Waals surface area contributed by atoms with Gasteiger partial charge in [-0.25, -0.2) is 4.79 Å². The second-order valence-electron chi connectivity index (χ2n) is 13.4. The van der Waals surface area contributed by atoms with E-state index in [0.29, 0.717) is 0 Å². The molecule has 0 radical (unpaired) electrons. The monoisotopic (exact) mass is 674 g/mol. The van der Waals surface area contributed by atoms with E-state index in [0.717, 1.165) is 28.2 Å². The van der Waals surface area contributed by atoms with Gasteiger partial charge in [0.05, 0.1) is 20.8 Å². The Balaban J connectivity index is 1.64. The van der Waals surface area contributed by atoms with Crippen molar-refractivity contribution in [3.8, 4) is 11.5 Å². The number of hydrogen-bond acceptors (Lipinski definition) is 8. The average Bonchev–Trinajstić information content (AvgIpc) is 3.41. The highest BCUT2D eigenvalue weighted by atomic mass is 28.4. The van der Waals surface area contributed by atoms with E-state index in [2.05, 4.69) is 38.8 Å². The normalized spacial score (nSPS) is 20.1. The van der Waals surface area contributed by atoms with Crippen molar-refractivity contribution in [2.24, 2.45) is 0 Å². The van der Waals surface area contributed by atoms with E-state index in [1.54, 1.807) is 21.3 Å². The molecule has 256 valence electrons. The minimum atomic E-state index is -2.40. The summed E-state index contributed by atoms with van der Waals surface area (Å²) in [4.78, 5) is 27.3. The van der Waals surface area contributed by atoms with Gasteiger partial charge in [0, 0.05) is 19.4 Å². The van der Waals surface area contributed by atoms with Gasteiger partial charge in [-0.1, -0.05) is 75.4 Å². The molecule has 2 heterocycles. The summed E-state index contributed by atoms with van der Waals surface area (Å²) in [6.07, 6.45) is -1.39. The number of ether oxygens (including phenoxy) is 5. The molecule has 0 bridgehead atoms. The quantitative estimate of drug-likeness (QED) is 0.147. The van der Waals surface area contributed by atoms with Crippen LogP contribution in [0.4, 0.5) is 0 Å². The van der Waals surface area contributed by atoms with Crippen LogP contribution in [0.15, 0.2) is 101 Å². The average molecular weight is 675 g/mol. The van der Waals surface area contributed by atoms with E-state index in [1.807, 2.05) is 78.9 Å². The predicted octanol–water partition coefficient (Wildman–Crippen LogP) is 5.87. The smallest absolute Gasteiger partial charge is 0.330 e. The highest BCUT2D eigenvalue weighted by Crippen LogP contribution is 2.45. The molecule has 11 heteroatoms. The summed E-state index contributed by atoms with van der Waals surface area (Å²) in [5.41, 5.74) is 0.450. The van der Waals surface area contributed by atoms with Gasteiger partial charge in [0.2, 0.25) is 0 Å². The summed E-state index contributed by atoms with van der Waals surface area (Å²) in [7, 11) is 2.45. The third kappa shape index (κ3) is 6.92. The van der Waals surface area contributed by atoms with E-state index in [1.165, 1.54) is 16.8 Å². The maximum Gasteiger partial charge on any atom is 0.330 e. The fraction of sp³-hybridized carbons (Fsp3) is 0.405. The Kier molecular flexibility index (Phi) is 10.5. The van der Waals surface area contributed by atoms with Crippen LogP contribution in [-0.2, 0) is 24.2 Å². The van der Waals surface area contributed by atoms with Gasteiger partial charge < -0.3 is 28.1 Å². The fourth-order valence-corrected chi connectivity index (χ4v) is 7.21. The van der Waals surface area contributed by atoms with Crippen molar-refractivity contribution in [3.63, 3.8) is 0 Å². The van der Waals surface area contributed by atoms with Crippen molar-refractivity contribution in [2.75, 3.05) is 27.9 Å². The van der Waals surface area contributed by atoms with Crippen LogP contribution in [0.2, 0.25) is 18.1 Å². The SMILES string of the molecule is COc1ccc(C(OC[C@H]2O[C@@H](n3ccc(=O)[nH]c3=O)[C@H](OC)[C@@H]2O[Si](C)(C)C(C)(C)C)(c2ccccc2)c2ccc(OC)cc2)cc1. The molecule has 0 aliphatic carbocycles. The Morgan fingerprint density at radius 3 is 1.79 bits per heavy atom. The lowest BCUT2D eigenvalue weighted by atomic mass is 9.80. The van der Waals surface area contributed by atoms with E-state index < -0.39 is 49.7 Å². The van der Waals surface area contributed by atoms with Gasteiger partial charge in [0.15, 0.2) is 14.5 Å². The number of H-pyrrole nitrogens is 1. The van der Waals surface area contributed by atoms with Crippen molar-refractivity contribution in [1.82, 2.24) is 9.55 Å². The first-order chi connectivity index (χ1) is 22.8. The highest BCUT2D eigenvalue weighted by molar-refractivity contribution is 6.74. The zero-order valence-corrected chi connectivity index (χ0v) is 29.9. The number of aromatic amines is 1. The van der Waals surface area contributed by atoms with Gasteiger partial charge in [-0.2, -0.15) is 0 Å². The maximum absolute atomic E-state index is 13.0. The molecule has 1 aliphatic heterocycles. The van der Waals surface area contributed by atoms with Crippen LogP contribution < -0.4 is 20.7 Å². The molecule has 4 aromatic rings. The van der Waals surface area contributed by atoms with Crippen molar-refractivity contribution in [3.05, 3.63) is 129 Å². The van der Waals surface area contributed by atoms with Gasteiger partial charge in [0.1, 0.15) is 35.4 Å². The summed E-state index contributed by atoms with van der Waals surface area (Å²) in [6, 6.07) is 26.9.